The number of nitrogens with one attached hydrogen (secondary N) is 2. The lowest BCUT2D eigenvalue weighted by Crippen LogP contribution is -2.32. The molecule has 2 aliphatic heterocycles. The van der Waals surface area contributed by atoms with E-state index >= 15 is 0 Å². The van der Waals surface area contributed by atoms with Gasteiger partial charge in [-0.3, -0.25) is 19.2 Å². The molecular formula is C29H18Cl2F3N3O5S2. The van der Waals surface area contributed by atoms with E-state index in [1.807, 2.05) is 0 Å². The van der Waals surface area contributed by atoms with Crippen LogP contribution < -0.4 is 19.8 Å². The van der Waals surface area contributed by atoms with E-state index in [2.05, 4.69) is 10.3 Å². The van der Waals surface area contributed by atoms with Crippen molar-refractivity contribution in [3.8, 4) is 5.75 Å². The molecule has 1 saturated heterocycles. The monoisotopic (exact) mass is 679 g/mol. The third kappa shape index (κ3) is 5.72. The Morgan fingerprint density at radius 2 is 1.70 bits per heavy atom. The summed E-state index contributed by atoms with van der Waals surface area (Å²) in [5.41, 5.74) is -0.305. The number of carbonyl (C=O) groups excluding carboxylic acids is 3. The number of carbonyl (C=O) groups is 3. The van der Waals surface area contributed by atoms with E-state index in [9.17, 15) is 32.3 Å². The fourth-order valence-electron chi connectivity index (χ4n) is 5.20. The maximum atomic E-state index is 14.0. The molecule has 2 aliphatic rings. The molecule has 0 saturated carbocycles. The van der Waals surface area contributed by atoms with Gasteiger partial charge in [0.1, 0.15) is 11.0 Å². The number of anilines is 2. The molecule has 0 bridgehead atoms. The summed E-state index contributed by atoms with van der Waals surface area (Å²) in [6.07, 6.45) is -4.59. The van der Waals surface area contributed by atoms with Crippen molar-refractivity contribution in [2.45, 2.75) is 22.4 Å². The highest BCUT2D eigenvalue weighted by Crippen LogP contribution is 2.54. The molecule has 0 radical (unpaired) electrons. The van der Waals surface area contributed by atoms with E-state index < -0.39 is 53.2 Å². The molecule has 0 aliphatic carbocycles. The van der Waals surface area contributed by atoms with Crippen LogP contribution in [-0.4, -0.2) is 34.6 Å². The van der Waals surface area contributed by atoms with Crippen molar-refractivity contribution >= 4 is 75.4 Å². The van der Waals surface area contributed by atoms with Gasteiger partial charge in [-0.2, -0.15) is 13.2 Å². The van der Waals surface area contributed by atoms with Gasteiger partial charge in [-0.25, -0.2) is 4.90 Å². The van der Waals surface area contributed by atoms with Crippen LogP contribution in [0.2, 0.25) is 10.0 Å². The van der Waals surface area contributed by atoms with Crippen molar-refractivity contribution in [2.24, 2.45) is 5.92 Å². The van der Waals surface area contributed by atoms with Crippen molar-refractivity contribution in [2.75, 3.05) is 16.8 Å². The molecule has 8 nitrogen and oxygen atoms in total. The minimum atomic E-state index is -4.59. The van der Waals surface area contributed by atoms with Crippen molar-refractivity contribution in [1.29, 1.82) is 0 Å². The van der Waals surface area contributed by atoms with Crippen LogP contribution in [0, 0.1) is 5.92 Å². The molecule has 226 valence electrons. The molecule has 4 aromatic rings. The Balaban J connectivity index is 1.33. The number of hydrogen-bond acceptors (Lipinski definition) is 7. The standard InChI is InChI=1S/C29H18Cl2F3N3O5S2/c30-14-4-7-17(8-5-14)37-26(39)22-21(23-25(36-28(41)44-23)43-24(22)27(37)40)18-11-15(31)6-9-19(18)42-12-20(38)35-16-3-1-2-13(10-16)29(32,33)34/h1-11,21-22,24H,12H2,(H,35,38)(H,36,41)/t21-,22?,24?/m1/s1. The quantitative estimate of drug-likeness (QED) is 0.223. The van der Waals surface area contributed by atoms with Crippen LogP contribution in [0.15, 0.2) is 76.6 Å². The highest BCUT2D eigenvalue weighted by Gasteiger charge is 2.57. The number of fused-ring (bicyclic) bond motifs is 2. The summed E-state index contributed by atoms with van der Waals surface area (Å²) in [5.74, 6) is -3.38. The van der Waals surface area contributed by atoms with E-state index in [1.165, 1.54) is 30.3 Å². The van der Waals surface area contributed by atoms with Crippen LogP contribution in [0.5, 0.6) is 5.75 Å². The van der Waals surface area contributed by atoms with Crippen LogP contribution >= 0.6 is 46.3 Å². The Labute approximate surface area is 265 Å². The second kappa shape index (κ2) is 11.6. The number of halogens is 5. The molecule has 2 N–H and O–H groups in total. The van der Waals surface area contributed by atoms with E-state index in [4.69, 9.17) is 27.9 Å². The van der Waals surface area contributed by atoms with Gasteiger partial charge in [0.15, 0.2) is 6.61 Å². The number of ether oxygens (including phenoxy) is 1. The first-order valence-corrected chi connectivity index (χ1v) is 15.3. The number of benzene rings is 3. The fraction of sp³-hybridized carbons (Fsp3) is 0.172. The van der Waals surface area contributed by atoms with Crippen LogP contribution in [-0.2, 0) is 20.6 Å². The van der Waals surface area contributed by atoms with Crippen molar-refractivity contribution in [3.63, 3.8) is 0 Å². The van der Waals surface area contributed by atoms with Gasteiger partial charge < -0.3 is 15.0 Å². The summed E-state index contributed by atoms with van der Waals surface area (Å²) in [6, 6.07) is 14.9. The van der Waals surface area contributed by atoms with Crippen LogP contribution in [0.4, 0.5) is 24.5 Å². The summed E-state index contributed by atoms with van der Waals surface area (Å²) in [4.78, 5) is 56.7. The van der Waals surface area contributed by atoms with E-state index in [1.54, 1.807) is 24.3 Å². The van der Waals surface area contributed by atoms with Crippen molar-refractivity contribution in [3.05, 3.63) is 102 Å². The number of H-pyrrole nitrogens is 1. The van der Waals surface area contributed by atoms with Gasteiger partial charge in [-0.05, 0) is 60.7 Å². The minimum absolute atomic E-state index is 0.0732. The van der Waals surface area contributed by atoms with Crippen molar-refractivity contribution < 1.29 is 32.3 Å². The van der Waals surface area contributed by atoms with E-state index in [0.717, 1.165) is 40.1 Å². The third-order valence-corrected chi connectivity index (χ3v) is 9.94. The molecule has 0 spiro atoms. The number of rotatable bonds is 6. The van der Waals surface area contributed by atoms with E-state index in [0.29, 0.717) is 26.2 Å². The predicted molar refractivity (Wildman–Crippen MR) is 161 cm³/mol. The highest BCUT2D eigenvalue weighted by atomic mass is 35.5. The number of amides is 3. The summed E-state index contributed by atoms with van der Waals surface area (Å²) >= 11 is 14.3. The molecule has 2 unspecified atom stereocenters. The number of aromatic amines is 1. The average molecular weight is 681 g/mol. The zero-order valence-corrected chi connectivity index (χ0v) is 25.1. The van der Waals surface area contributed by atoms with Crippen LogP contribution in [0.1, 0.15) is 21.9 Å². The number of alkyl halides is 3. The Kier molecular flexibility index (Phi) is 7.99. The first-order chi connectivity index (χ1) is 20.9. The lowest BCUT2D eigenvalue weighted by molar-refractivity contribution is -0.137. The highest BCUT2D eigenvalue weighted by molar-refractivity contribution is 8.00. The second-order valence-corrected chi connectivity index (χ2v) is 12.9. The summed E-state index contributed by atoms with van der Waals surface area (Å²) in [7, 11) is 0. The zero-order valence-electron chi connectivity index (χ0n) is 22.0. The molecule has 15 heteroatoms. The first kappa shape index (κ1) is 30.3. The smallest absolute Gasteiger partial charge is 0.416 e. The van der Waals surface area contributed by atoms with Gasteiger partial charge in [-0.15, -0.1) is 0 Å². The number of aromatic nitrogens is 1. The SMILES string of the molecule is O=C(COc1ccc(Cl)cc1[C@H]1c2sc(=O)[nH]c2SC2C(=O)N(c3ccc(Cl)cc3)C(=O)C21)Nc1cccc(C(F)(F)F)c1. The maximum Gasteiger partial charge on any atom is 0.416 e. The largest absolute Gasteiger partial charge is 0.483 e. The Morgan fingerprint density at radius 1 is 0.977 bits per heavy atom. The Hall–Kier alpha value is -3.78. The van der Waals surface area contributed by atoms with Gasteiger partial charge in [0, 0.05) is 32.1 Å². The maximum absolute atomic E-state index is 14.0. The van der Waals surface area contributed by atoms with Gasteiger partial charge in [0.2, 0.25) is 11.8 Å². The van der Waals surface area contributed by atoms with Gasteiger partial charge >= 0.3 is 11.0 Å². The molecule has 1 fully saturated rings. The van der Waals surface area contributed by atoms with Crippen LogP contribution in [0.25, 0.3) is 0 Å². The Morgan fingerprint density at radius 3 is 2.43 bits per heavy atom. The summed E-state index contributed by atoms with van der Waals surface area (Å²) < 4.78 is 45.1. The minimum Gasteiger partial charge on any atom is -0.483 e. The molecule has 6 rings (SSSR count). The third-order valence-electron chi connectivity index (χ3n) is 7.05. The number of nitrogens with zero attached hydrogens (tertiary/aromatic N) is 1. The van der Waals surface area contributed by atoms with Crippen LogP contribution in [0.3, 0.4) is 0 Å². The molecule has 3 heterocycles. The molecule has 3 amide bonds. The van der Waals surface area contributed by atoms with Crippen molar-refractivity contribution in [1.82, 2.24) is 4.98 Å². The summed E-state index contributed by atoms with van der Waals surface area (Å²) in [5, 5.41) is 2.61. The van der Waals surface area contributed by atoms with Gasteiger partial charge in [0.25, 0.3) is 5.91 Å². The number of thioether (sulfide) groups is 1. The van der Waals surface area contributed by atoms with Gasteiger partial charge in [-0.1, -0.05) is 52.4 Å². The lowest BCUT2D eigenvalue weighted by atomic mass is 9.82. The second-order valence-electron chi connectivity index (χ2n) is 9.84. The average Bonchev–Trinajstić information content (AvgIpc) is 3.46. The molecule has 3 atom stereocenters. The number of imide groups is 1. The molecule has 44 heavy (non-hydrogen) atoms. The number of thiazole rings is 1. The topological polar surface area (TPSA) is 109 Å². The molecular weight excluding hydrogens is 662 g/mol. The lowest BCUT2D eigenvalue weighted by Gasteiger charge is -2.31. The fourth-order valence-corrected chi connectivity index (χ4v) is 8.02. The summed E-state index contributed by atoms with van der Waals surface area (Å²) in [6.45, 7) is -0.597. The Bertz CT molecular complexity index is 1860. The van der Waals surface area contributed by atoms with Gasteiger partial charge in [0.05, 0.1) is 22.2 Å². The normalized spacial score (nSPS) is 19.5. The van der Waals surface area contributed by atoms with E-state index in [-0.39, 0.29) is 21.3 Å². The zero-order chi connectivity index (χ0) is 31.3. The predicted octanol–water partition coefficient (Wildman–Crippen LogP) is 6.58. The molecule has 3 aromatic carbocycles. The number of hydrogen-bond donors (Lipinski definition) is 2. The first-order valence-electron chi connectivity index (χ1n) is 12.8. The molecule has 1 aromatic heterocycles.